The van der Waals surface area contributed by atoms with Gasteiger partial charge in [-0.3, -0.25) is 4.52 Å². The maximum atomic E-state index is 14.0. The van der Waals surface area contributed by atoms with E-state index in [0.717, 1.165) is 6.07 Å². The molecule has 6 nitrogen and oxygen atoms in total. The first kappa shape index (κ1) is 26.7. The minimum absolute atomic E-state index is 0.0104. The van der Waals surface area contributed by atoms with Crippen molar-refractivity contribution < 1.29 is 50.0 Å². The smallest absolute Gasteiger partial charge is 0.469 e. The second kappa shape index (κ2) is 9.31. The maximum Gasteiger partial charge on any atom is 0.469 e. The van der Waals surface area contributed by atoms with Gasteiger partial charge < -0.3 is 20.3 Å². The van der Waals surface area contributed by atoms with Crippen molar-refractivity contribution >= 4 is 18.6 Å². The van der Waals surface area contributed by atoms with E-state index in [2.05, 4.69) is 4.52 Å². The van der Waals surface area contributed by atoms with Gasteiger partial charge in [0.1, 0.15) is 11.3 Å². The minimum atomic E-state index is -4.81. The van der Waals surface area contributed by atoms with Gasteiger partial charge in [-0.25, -0.2) is 4.57 Å². The average Bonchev–Trinajstić information content (AvgIpc) is 2.70. The zero-order chi connectivity index (χ0) is 25.5. The van der Waals surface area contributed by atoms with E-state index in [0.29, 0.717) is 0 Å². The van der Waals surface area contributed by atoms with Gasteiger partial charge in [-0.15, -0.1) is 0 Å². The standard InChI is InChI=1S/C21H24F6NO5P/c1-19(28,11-32-34(29,30)31)14-5-8-16-12(10-14)2-9-17(18(16)21(25,26)27)33-15-6-3-13(4-7-15)20(22,23)24/h2,5,8-10,13,15H,3-4,6-7,11,28H2,1H3,(H2,29,30,31)/t13?,15?,19-/m0/s1. The molecule has 0 unspecified atom stereocenters. The summed E-state index contributed by atoms with van der Waals surface area (Å²) in [5.74, 6) is -1.95. The van der Waals surface area contributed by atoms with Crippen LogP contribution in [0, 0.1) is 5.92 Å². The molecule has 4 N–H and O–H groups in total. The van der Waals surface area contributed by atoms with E-state index in [1.54, 1.807) is 0 Å². The lowest BCUT2D eigenvalue weighted by Crippen LogP contribution is -2.37. The second-order valence-corrected chi connectivity index (χ2v) is 9.93. The van der Waals surface area contributed by atoms with E-state index in [1.165, 1.54) is 31.2 Å². The van der Waals surface area contributed by atoms with E-state index >= 15 is 0 Å². The van der Waals surface area contributed by atoms with Crippen LogP contribution in [-0.2, 0) is 20.8 Å². The molecule has 0 aliphatic heterocycles. The van der Waals surface area contributed by atoms with Gasteiger partial charge in [-0.1, -0.05) is 18.2 Å². The lowest BCUT2D eigenvalue weighted by molar-refractivity contribution is -0.185. The lowest BCUT2D eigenvalue weighted by Gasteiger charge is -2.31. The topological polar surface area (TPSA) is 102 Å². The van der Waals surface area contributed by atoms with Gasteiger partial charge in [0.05, 0.1) is 24.2 Å². The van der Waals surface area contributed by atoms with Crippen molar-refractivity contribution in [3.63, 3.8) is 0 Å². The highest BCUT2D eigenvalue weighted by Crippen LogP contribution is 2.44. The van der Waals surface area contributed by atoms with E-state index in [9.17, 15) is 30.9 Å². The summed E-state index contributed by atoms with van der Waals surface area (Å²) < 4.78 is 101. The van der Waals surface area contributed by atoms with Crippen LogP contribution in [0.1, 0.15) is 43.7 Å². The van der Waals surface area contributed by atoms with E-state index in [4.69, 9.17) is 20.3 Å². The molecule has 13 heteroatoms. The molecule has 0 heterocycles. The molecule has 0 spiro atoms. The highest BCUT2D eigenvalue weighted by molar-refractivity contribution is 7.46. The molecule has 2 aromatic rings. The molecule has 0 radical (unpaired) electrons. The number of hydrogen-bond donors (Lipinski definition) is 3. The van der Waals surface area contributed by atoms with Gasteiger partial charge in [-0.2, -0.15) is 26.3 Å². The van der Waals surface area contributed by atoms with Crippen LogP contribution in [0.3, 0.4) is 0 Å². The molecule has 3 rings (SSSR count). The Kier molecular flexibility index (Phi) is 7.32. The fourth-order valence-electron chi connectivity index (χ4n) is 4.04. The average molecular weight is 515 g/mol. The zero-order valence-corrected chi connectivity index (χ0v) is 18.9. The monoisotopic (exact) mass is 515 g/mol. The molecular weight excluding hydrogens is 491 g/mol. The van der Waals surface area contributed by atoms with Gasteiger partial charge in [0.15, 0.2) is 0 Å². The molecule has 1 aliphatic carbocycles. The fourth-order valence-corrected chi connectivity index (χ4v) is 4.48. The Morgan fingerprint density at radius 3 is 2.18 bits per heavy atom. The Balaban J connectivity index is 1.90. The first-order valence-electron chi connectivity index (χ1n) is 10.3. The molecule has 1 aliphatic rings. The molecule has 190 valence electrons. The first-order valence-corrected chi connectivity index (χ1v) is 11.9. The first-order chi connectivity index (χ1) is 15.5. The van der Waals surface area contributed by atoms with Crippen molar-refractivity contribution in [2.75, 3.05) is 6.61 Å². The summed E-state index contributed by atoms with van der Waals surface area (Å²) in [6, 6.07) is 6.30. The predicted octanol–water partition coefficient (Wildman–Crippen LogP) is 5.64. The SMILES string of the molecule is C[C@](N)(COP(=O)(O)O)c1ccc2c(C(F)(F)F)c(OC3CCC(C(F)(F)F)CC3)ccc2c1. The number of nitrogens with two attached hydrogens (primary N) is 1. The van der Waals surface area contributed by atoms with Gasteiger partial charge in [-0.05, 0) is 61.1 Å². The second-order valence-electron chi connectivity index (χ2n) is 8.69. The molecular formula is C21H24F6NO5P. The molecule has 1 atom stereocenters. The van der Waals surface area contributed by atoms with Crippen molar-refractivity contribution in [3.8, 4) is 5.75 Å². The summed E-state index contributed by atoms with van der Waals surface area (Å²) in [6.07, 6.45) is -10.4. The Morgan fingerprint density at radius 2 is 1.65 bits per heavy atom. The van der Waals surface area contributed by atoms with Crippen molar-refractivity contribution in [2.24, 2.45) is 11.7 Å². The molecule has 1 saturated carbocycles. The molecule has 1 fully saturated rings. The highest BCUT2D eigenvalue weighted by atomic mass is 31.2. The number of alkyl halides is 6. The van der Waals surface area contributed by atoms with Crippen LogP contribution in [0.2, 0.25) is 0 Å². The largest absolute Gasteiger partial charge is 0.490 e. The molecule has 0 aromatic heterocycles. The summed E-state index contributed by atoms with van der Waals surface area (Å²) in [4.78, 5) is 17.8. The van der Waals surface area contributed by atoms with Gasteiger partial charge >= 0.3 is 20.2 Å². The minimum Gasteiger partial charge on any atom is -0.490 e. The van der Waals surface area contributed by atoms with Gasteiger partial charge in [0, 0.05) is 0 Å². The summed E-state index contributed by atoms with van der Waals surface area (Å²) in [5.41, 5.74) is 3.87. The lowest BCUT2D eigenvalue weighted by atomic mass is 9.87. The van der Waals surface area contributed by atoms with Crippen LogP contribution in [-0.4, -0.2) is 28.7 Å². The maximum absolute atomic E-state index is 14.0. The van der Waals surface area contributed by atoms with Gasteiger partial charge in [0.25, 0.3) is 0 Å². The van der Waals surface area contributed by atoms with Crippen molar-refractivity contribution in [2.45, 2.75) is 56.6 Å². The number of phosphoric ester groups is 1. The summed E-state index contributed by atoms with van der Waals surface area (Å²) in [5, 5.41) is -0.0600. The third-order valence-electron chi connectivity index (χ3n) is 5.89. The Bertz CT molecular complexity index is 1070. The number of fused-ring (bicyclic) bond motifs is 1. The Morgan fingerprint density at radius 1 is 1.03 bits per heavy atom. The number of hydrogen-bond acceptors (Lipinski definition) is 4. The summed E-state index contributed by atoms with van der Waals surface area (Å²) in [6.45, 7) is 0.819. The molecule has 34 heavy (non-hydrogen) atoms. The van der Waals surface area contributed by atoms with E-state index in [-0.39, 0.29) is 42.0 Å². The normalized spacial score (nSPS) is 21.9. The number of ether oxygens (including phenoxy) is 1. The third kappa shape index (κ3) is 6.42. The van der Waals surface area contributed by atoms with Crippen molar-refractivity contribution in [1.82, 2.24) is 0 Å². The summed E-state index contributed by atoms with van der Waals surface area (Å²) >= 11 is 0. The zero-order valence-electron chi connectivity index (χ0n) is 18.0. The summed E-state index contributed by atoms with van der Waals surface area (Å²) in [7, 11) is -4.81. The van der Waals surface area contributed by atoms with Crippen LogP contribution in [0.5, 0.6) is 5.75 Å². The Labute approximate surface area is 191 Å². The van der Waals surface area contributed by atoms with Crippen LogP contribution >= 0.6 is 7.82 Å². The fraction of sp³-hybridized carbons (Fsp3) is 0.524. The van der Waals surface area contributed by atoms with Crippen molar-refractivity contribution in [1.29, 1.82) is 0 Å². The van der Waals surface area contributed by atoms with Gasteiger partial charge in [0.2, 0.25) is 0 Å². The van der Waals surface area contributed by atoms with Crippen LogP contribution in [0.25, 0.3) is 10.8 Å². The molecule has 2 aromatic carbocycles. The quantitative estimate of drug-likeness (QED) is 0.340. The molecule has 0 amide bonds. The van der Waals surface area contributed by atoms with Crippen molar-refractivity contribution in [3.05, 3.63) is 41.5 Å². The predicted molar refractivity (Wildman–Crippen MR) is 111 cm³/mol. The van der Waals surface area contributed by atoms with Crippen LogP contribution in [0.4, 0.5) is 26.3 Å². The Hall–Kier alpha value is -1.85. The highest BCUT2D eigenvalue weighted by Gasteiger charge is 2.43. The molecule has 0 bridgehead atoms. The van der Waals surface area contributed by atoms with E-state index < -0.39 is 55.7 Å². The molecule has 0 saturated heterocycles. The number of halogens is 6. The number of benzene rings is 2. The van der Waals surface area contributed by atoms with Crippen LogP contribution in [0.15, 0.2) is 30.3 Å². The third-order valence-corrected chi connectivity index (χ3v) is 6.35. The number of phosphoric acid groups is 1. The number of rotatable bonds is 6. The van der Waals surface area contributed by atoms with E-state index in [1.807, 2.05) is 0 Å². The van der Waals surface area contributed by atoms with Crippen LogP contribution < -0.4 is 10.5 Å².